The summed E-state index contributed by atoms with van der Waals surface area (Å²) in [6, 6.07) is 15.7. The van der Waals surface area contributed by atoms with Crippen molar-refractivity contribution in [3.05, 3.63) is 60.2 Å². The van der Waals surface area contributed by atoms with Gasteiger partial charge in [-0.2, -0.15) is 0 Å². The molecule has 2 aromatic carbocycles. The summed E-state index contributed by atoms with van der Waals surface area (Å²) >= 11 is 0. The molecule has 26 heavy (non-hydrogen) atoms. The van der Waals surface area contributed by atoms with Crippen molar-refractivity contribution in [3.63, 3.8) is 0 Å². The number of anilines is 1. The SMILES string of the molecule is CS(=O)(=O)c1ccc(NC(=O)CO/N=C(\N)CCc2ccccc2)cc1. The Hall–Kier alpha value is -2.87. The van der Waals surface area contributed by atoms with E-state index in [1.165, 1.54) is 24.3 Å². The van der Waals surface area contributed by atoms with Crippen LogP contribution in [0.4, 0.5) is 5.69 Å². The molecule has 0 aromatic heterocycles. The van der Waals surface area contributed by atoms with E-state index in [0.717, 1.165) is 18.2 Å². The van der Waals surface area contributed by atoms with Gasteiger partial charge in [-0.25, -0.2) is 8.42 Å². The summed E-state index contributed by atoms with van der Waals surface area (Å²) in [7, 11) is -3.27. The lowest BCUT2D eigenvalue weighted by Gasteiger charge is -2.06. The summed E-state index contributed by atoms with van der Waals surface area (Å²) in [5, 5.41) is 6.30. The number of aryl methyl sites for hydroxylation is 1. The van der Waals surface area contributed by atoms with Gasteiger partial charge in [-0.3, -0.25) is 4.79 Å². The van der Waals surface area contributed by atoms with Crippen molar-refractivity contribution in [2.24, 2.45) is 10.9 Å². The highest BCUT2D eigenvalue weighted by Gasteiger charge is 2.08. The van der Waals surface area contributed by atoms with Crippen LogP contribution >= 0.6 is 0 Å². The van der Waals surface area contributed by atoms with Crippen molar-refractivity contribution in [1.82, 2.24) is 0 Å². The third kappa shape index (κ3) is 6.56. The van der Waals surface area contributed by atoms with E-state index in [1.54, 1.807) is 0 Å². The molecule has 0 unspecified atom stereocenters. The van der Waals surface area contributed by atoms with Crippen LogP contribution in [0.5, 0.6) is 0 Å². The van der Waals surface area contributed by atoms with Crippen molar-refractivity contribution < 1.29 is 18.0 Å². The molecule has 0 aliphatic carbocycles. The van der Waals surface area contributed by atoms with E-state index < -0.39 is 15.7 Å². The molecule has 0 fully saturated rings. The van der Waals surface area contributed by atoms with Crippen LogP contribution in [0.25, 0.3) is 0 Å². The summed E-state index contributed by atoms with van der Waals surface area (Å²) in [6.45, 7) is -0.292. The van der Waals surface area contributed by atoms with Gasteiger partial charge in [0.1, 0.15) is 5.84 Å². The lowest BCUT2D eigenvalue weighted by molar-refractivity contribution is -0.120. The predicted molar refractivity (Wildman–Crippen MR) is 101 cm³/mol. The Kier molecular flexibility index (Phi) is 6.74. The lowest BCUT2D eigenvalue weighted by atomic mass is 10.1. The maximum absolute atomic E-state index is 11.8. The highest BCUT2D eigenvalue weighted by atomic mass is 32.2. The summed E-state index contributed by atoms with van der Waals surface area (Å²) < 4.78 is 22.8. The fourth-order valence-electron chi connectivity index (χ4n) is 2.12. The van der Waals surface area contributed by atoms with E-state index in [4.69, 9.17) is 10.6 Å². The van der Waals surface area contributed by atoms with E-state index in [9.17, 15) is 13.2 Å². The van der Waals surface area contributed by atoms with Gasteiger partial charge in [0.15, 0.2) is 16.4 Å². The molecule has 2 aromatic rings. The molecule has 0 radical (unpaired) electrons. The number of nitrogens with two attached hydrogens (primary N) is 1. The normalized spacial score (nSPS) is 11.8. The van der Waals surface area contributed by atoms with Crippen LogP contribution in [-0.4, -0.2) is 33.0 Å². The molecule has 0 heterocycles. The highest BCUT2D eigenvalue weighted by Crippen LogP contribution is 2.13. The predicted octanol–water partition coefficient (Wildman–Crippen LogP) is 1.95. The molecule has 0 aliphatic heterocycles. The van der Waals surface area contributed by atoms with Crippen molar-refractivity contribution >= 4 is 27.3 Å². The number of nitrogens with zero attached hydrogens (tertiary/aromatic N) is 1. The number of amides is 1. The minimum atomic E-state index is -3.27. The van der Waals surface area contributed by atoms with Crippen molar-refractivity contribution in [2.45, 2.75) is 17.7 Å². The second kappa shape index (κ2) is 9.00. The van der Waals surface area contributed by atoms with Crippen LogP contribution in [0.1, 0.15) is 12.0 Å². The van der Waals surface area contributed by atoms with Crippen LogP contribution in [0.2, 0.25) is 0 Å². The van der Waals surface area contributed by atoms with Gasteiger partial charge < -0.3 is 15.9 Å². The molecule has 0 spiro atoms. The molecule has 0 atom stereocenters. The number of nitrogens with one attached hydrogen (secondary N) is 1. The molecular weight excluding hydrogens is 354 g/mol. The van der Waals surface area contributed by atoms with Crippen LogP contribution in [0.15, 0.2) is 64.6 Å². The molecule has 138 valence electrons. The highest BCUT2D eigenvalue weighted by molar-refractivity contribution is 7.90. The zero-order valence-corrected chi connectivity index (χ0v) is 15.2. The molecule has 7 nitrogen and oxygen atoms in total. The largest absolute Gasteiger partial charge is 0.384 e. The fourth-order valence-corrected chi connectivity index (χ4v) is 2.75. The summed E-state index contributed by atoms with van der Waals surface area (Å²) in [6.07, 6.45) is 2.38. The summed E-state index contributed by atoms with van der Waals surface area (Å²) in [5.74, 6) is -0.115. The Morgan fingerprint density at radius 3 is 2.38 bits per heavy atom. The first-order valence-corrected chi connectivity index (χ1v) is 9.82. The van der Waals surface area contributed by atoms with E-state index in [-0.39, 0.29) is 11.5 Å². The first kappa shape index (κ1) is 19.5. The number of benzene rings is 2. The number of hydrogen-bond acceptors (Lipinski definition) is 5. The molecule has 8 heteroatoms. The van der Waals surface area contributed by atoms with Crippen LogP contribution in [0.3, 0.4) is 0 Å². The third-order valence-electron chi connectivity index (χ3n) is 3.46. The Morgan fingerprint density at radius 1 is 1.12 bits per heavy atom. The van der Waals surface area contributed by atoms with Gasteiger partial charge in [-0.15, -0.1) is 0 Å². The molecule has 0 aliphatic rings. The zero-order chi connectivity index (χ0) is 19.0. The smallest absolute Gasteiger partial charge is 0.265 e. The van der Waals surface area contributed by atoms with Gasteiger partial charge in [0.2, 0.25) is 0 Å². The summed E-state index contributed by atoms with van der Waals surface area (Å²) in [5.41, 5.74) is 7.36. The standard InChI is InChI=1S/C18H21N3O4S/c1-26(23,24)16-10-8-15(9-11-16)20-18(22)13-25-21-17(19)12-7-14-5-3-2-4-6-14/h2-6,8-11H,7,12-13H2,1H3,(H2,19,21)(H,20,22). The average Bonchev–Trinajstić information content (AvgIpc) is 2.60. The maximum atomic E-state index is 11.8. The second-order valence-electron chi connectivity index (χ2n) is 5.69. The zero-order valence-electron chi connectivity index (χ0n) is 14.4. The van der Waals surface area contributed by atoms with E-state index in [2.05, 4.69) is 10.5 Å². The fraction of sp³-hybridized carbons (Fsp3) is 0.222. The van der Waals surface area contributed by atoms with Crippen LogP contribution in [-0.2, 0) is 25.9 Å². The minimum Gasteiger partial charge on any atom is -0.384 e. The number of oxime groups is 1. The first-order valence-electron chi connectivity index (χ1n) is 7.93. The second-order valence-corrected chi connectivity index (χ2v) is 7.70. The molecular formula is C18H21N3O4S. The van der Waals surface area contributed by atoms with Gasteiger partial charge in [-0.05, 0) is 36.2 Å². The number of amidine groups is 1. The molecule has 0 bridgehead atoms. The van der Waals surface area contributed by atoms with Crippen LogP contribution in [0, 0.1) is 0 Å². The quantitative estimate of drug-likeness (QED) is 0.416. The molecule has 2 rings (SSSR count). The number of carbonyl (C=O) groups excluding carboxylic acids is 1. The number of rotatable bonds is 8. The van der Waals surface area contributed by atoms with Gasteiger partial charge in [0.25, 0.3) is 5.91 Å². The van der Waals surface area contributed by atoms with Crippen molar-refractivity contribution in [3.8, 4) is 0 Å². The average molecular weight is 375 g/mol. The topological polar surface area (TPSA) is 111 Å². The number of carbonyl (C=O) groups is 1. The molecule has 3 N–H and O–H groups in total. The van der Waals surface area contributed by atoms with E-state index in [1.807, 2.05) is 30.3 Å². The van der Waals surface area contributed by atoms with Gasteiger partial charge in [0.05, 0.1) is 4.90 Å². The lowest BCUT2D eigenvalue weighted by Crippen LogP contribution is -2.19. The Labute approximate surface area is 152 Å². The first-order chi connectivity index (χ1) is 12.3. The van der Waals surface area contributed by atoms with Crippen molar-refractivity contribution in [2.75, 3.05) is 18.2 Å². The minimum absolute atomic E-state index is 0.183. The van der Waals surface area contributed by atoms with Crippen LogP contribution < -0.4 is 11.1 Å². The van der Waals surface area contributed by atoms with Gasteiger partial charge >= 0.3 is 0 Å². The monoisotopic (exact) mass is 375 g/mol. The van der Waals surface area contributed by atoms with E-state index in [0.29, 0.717) is 17.9 Å². The van der Waals surface area contributed by atoms with Crippen molar-refractivity contribution in [1.29, 1.82) is 0 Å². The number of hydrogen-bond donors (Lipinski definition) is 2. The maximum Gasteiger partial charge on any atom is 0.265 e. The van der Waals surface area contributed by atoms with Gasteiger partial charge in [0, 0.05) is 18.4 Å². The number of sulfone groups is 1. The third-order valence-corrected chi connectivity index (χ3v) is 4.58. The molecule has 1 amide bonds. The molecule has 0 saturated carbocycles. The summed E-state index contributed by atoms with van der Waals surface area (Å²) in [4.78, 5) is 16.9. The Bertz CT molecular complexity index is 863. The Morgan fingerprint density at radius 2 is 1.77 bits per heavy atom. The van der Waals surface area contributed by atoms with E-state index >= 15 is 0 Å². The van der Waals surface area contributed by atoms with Gasteiger partial charge in [-0.1, -0.05) is 35.5 Å². The Balaban J connectivity index is 1.75. The molecule has 0 saturated heterocycles.